The molecule has 0 aliphatic heterocycles. The van der Waals surface area contributed by atoms with E-state index in [4.69, 9.17) is 0 Å². The van der Waals surface area contributed by atoms with E-state index in [0.29, 0.717) is 11.7 Å². The van der Waals surface area contributed by atoms with Crippen molar-refractivity contribution in [3.8, 4) is 22.6 Å². The highest BCUT2D eigenvalue weighted by molar-refractivity contribution is 5.71. The minimum atomic E-state index is 0.285. The molecule has 0 bridgehead atoms. The van der Waals surface area contributed by atoms with Crippen molar-refractivity contribution in [2.45, 2.75) is 51.9 Å². The molecule has 0 amide bonds. The average molecular weight is 298 g/mol. The molecular formula is C20H26O2. The number of hydrogen-bond acceptors (Lipinski definition) is 2. The summed E-state index contributed by atoms with van der Waals surface area (Å²) >= 11 is 0. The fraction of sp³-hybridized carbons (Fsp3) is 0.400. The van der Waals surface area contributed by atoms with Gasteiger partial charge in [0.15, 0.2) is 0 Å². The number of phenols is 2. The minimum Gasteiger partial charge on any atom is -0.508 e. The minimum absolute atomic E-state index is 0.285. The molecule has 0 unspecified atom stereocenters. The monoisotopic (exact) mass is 298 g/mol. The largest absolute Gasteiger partial charge is 0.508 e. The van der Waals surface area contributed by atoms with E-state index >= 15 is 0 Å². The Bertz CT molecular complexity index is 598. The van der Waals surface area contributed by atoms with E-state index in [1.54, 1.807) is 12.1 Å². The molecule has 2 aromatic carbocycles. The molecule has 1 aliphatic rings. The first-order chi connectivity index (χ1) is 10.8. The second-order valence-electron chi connectivity index (χ2n) is 5.63. The molecule has 0 saturated heterocycles. The van der Waals surface area contributed by atoms with Gasteiger partial charge in [-0.05, 0) is 48.1 Å². The van der Waals surface area contributed by atoms with Gasteiger partial charge >= 0.3 is 0 Å². The van der Waals surface area contributed by atoms with E-state index in [1.807, 2.05) is 44.2 Å². The zero-order valence-corrected chi connectivity index (χ0v) is 13.5. The van der Waals surface area contributed by atoms with Crippen molar-refractivity contribution < 1.29 is 10.2 Å². The lowest BCUT2D eigenvalue weighted by molar-refractivity contribution is 0.414. The van der Waals surface area contributed by atoms with Gasteiger partial charge in [-0.3, -0.25) is 0 Å². The van der Waals surface area contributed by atoms with Crippen molar-refractivity contribution in [1.82, 2.24) is 0 Å². The molecule has 3 rings (SSSR count). The quantitative estimate of drug-likeness (QED) is 0.731. The summed E-state index contributed by atoms with van der Waals surface area (Å²) < 4.78 is 0. The van der Waals surface area contributed by atoms with Gasteiger partial charge in [0.2, 0.25) is 0 Å². The van der Waals surface area contributed by atoms with Crippen LogP contribution in [0.25, 0.3) is 11.1 Å². The van der Waals surface area contributed by atoms with E-state index in [0.717, 1.165) is 29.5 Å². The molecule has 0 aromatic heterocycles. The van der Waals surface area contributed by atoms with E-state index in [1.165, 1.54) is 19.3 Å². The third-order valence-electron chi connectivity index (χ3n) is 4.29. The fourth-order valence-corrected chi connectivity index (χ4v) is 3.18. The summed E-state index contributed by atoms with van der Waals surface area (Å²) in [5.74, 6) is 1.12. The van der Waals surface area contributed by atoms with Crippen molar-refractivity contribution in [2.24, 2.45) is 0 Å². The van der Waals surface area contributed by atoms with Crippen molar-refractivity contribution >= 4 is 0 Å². The Morgan fingerprint density at radius 3 is 2.18 bits per heavy atom. The average Bonchev–Trinajstić information content (AvgIpc) is 2.59. The number of para-hydroxylation sites is 1. The normalized spacial score (nSPS) is 15.0. The van der Waals surface area contributed by atoms with Crippen LogP contribution in [0, 0.1) is 0 Å². The number of rotatable bonds is 2. The van der Waals surface area contributed by atoms with Crippen LogP contribution in [-0.4, -0.2) is 10.2 Å². The van der Waals surface area contributed by atoms with Gasteiger partial charge in [0.25, 0.3) is 0 Å². The molecule has 0 spiro atoms. The molecule has 2 heteroatoms. The molecule has 118 valence electrons. The first kappa shape index (κ1) is 16.4. The topological polar surface area (TPSA) is 40.5 Å². The Hall–Kier alpha value is -1.96. The van der Waals surface area contributed by atoms with Crippen LogP contribution in [0.4, 0.5) is 0 Å². The smallest absolute Gasteiger partial charge is 0.123 e. The highest BCUT2D eigenvalue weighted by Crippen LogP contribution is 2.40. The maximum atomic E-state index is 10.1. The van der Waals surface area contributed by atoms with Gasteiger partial charge in [-0.1, -0.05) is 57.4 Å². The lowest BCUT2D eigenvalue weighted by atomic mass is 9.82. The van der Waals surface area contributed by atoms with Crippen LogP contribution in [-0.2, 0) is 0 Å². The summed E-state index contributed by atoms with van der Waals surface area (Å²) in [5.41, 5.74) is 2.83. The Balaban J connectivity index is 0.000000847. The maximum absolute atomic E-state index is 10.1. The standard InChI is InChI=1S/C18H20O2.C2H6/c19-17-9-5-4-8-15(17)14-10-11-18(20)16(12-14)13-6-2-1-3-7-13;1-2/h4-5,8-13,19-20H,1-3,6-7H2;1-2H3. The second kappa shape index (κ2) is 7.88. The van der Waals surface area contributed by atoms with Gasteiger partial charge in [0, 0.05) is 5.56 Å². The van der Waals surface area contributed by atoms with Gasteiger partial charge in [0.1, 0.15) is 11.5 Å². The van der Waals surface area contributed by atoms with Crippen LogP contribution >= 0.6 is 0 Å². The first-order valence-corrected chi connectivity index (χ1v) is 8.37. The molecular weight excluding hydrogens is 272 g/mol. The Morgan fingerprint density at radius 2 is 1.50 bits per heavy atom. The van der Waals surface area contributed by atoms with Crippen molar-refractivity contribution in [3.05, 3.63) is 48.0 Å². The van der Waals surface area contributed by atoms with Crippen LogP contribution in [0.2, 0.25) is 0 Å². The molecule has 1 fully saturated rings. The fourth-order valence-electron chi connectivity index (χ4n) is 3.18. The summed E-state index contributed by atoms with van der Waals surface area (Å²) in [6.07, 6.45) is 6.09. The van der Waals surface area contributed by atoms with Gasteiger partial charge in [-0.25, -0.2) is 0 Å². The van der Waals surface area contributed by atoms with Crippen LogP contribution in [0.15, 0.2) is 42.5 Å². The number of phenolic OH excluding ortho intramolecular Hbond substituents is 2. The summed E-state index contributed by atoms with van der Waals surface area (Å²) in [4.78, 5) is 0. The van der Waals surface area contributed by atoms with Gasteiger partial charge in [-0.2, -0.15) is 0 Å². The third kappa shape index (κ3) is 3.62. The van der Waals surface area contributed by atoms with E-state index in [9.17, 15) is 10.2 Å². The molecule has 2 aromatic rings. The van der Waals surface area contributed by atoms with E-state index < -0.39 is 0 Å². The molecule has 1 saturated carbocycles. The zero-order valence-electron chi connectivity index (χ0n) is 13.5. The molecule has 0 heterocycles. The summed E-state index contributed by atoms with van der Waals surface area (Å²) in [5, 5.41) is 20.1. The van der Waals surface area contributed by atoms with Gasteiger partial charge in [0.05, 0.1) is 0 Å². The SMILES string of the molecule is CC.Oc1ccccc1-c1ccc(O)c(C2CCCCC2)c1. The predicted molar refractivity (Wildman–Crippen MR) is 92.4 cm³/mol. The lowest BCUT2D eigenvalue weighted by Gasteiger charge is -2.23. The van der Waals surface area contributed by atoms with Crippen molar-refractivity contribution in [2.75, 3.05) is 0 Å². The second-order valence-corrected chi connectivity index (χ2v) is 5.63. The van der Waals surface area contributed by atoms with Gasteiger partial charge < -0.3 is 10.2 Å². The zero-order chi connectivity index (χ0) is 15.9. The van der Waals surface area contributed by atoms with Crippen molar-refractivity contribution in [3.63, 3.8) is 0 Å². The number of benzene rings is 2. The van der Waals surface area contributed by atoms with Crippen LogP contribution in [0.5, 0.6) is 11.5 Å². The molecule has 1 aliphatic carbocycles. The molecule has 22 heavy (non-hydrogen) atoms. The summed E-state index contributed by atoms with van der Waals surface area (Å²) in [6.45, 7) is 4.00. The Morgan fingerprint density at radius 1 is 0.818 bits per heavy atom. The van der Waals surface area contributed by atoms with Gasteiger partial charge in [-0.15, -0.1) is 0 Å². The molecule has 2 N–H and O–H groups in total. The maximum Gasteiger partial charge on any atom is 0.123 e. The number of aromatic hydroxyl groups is 2. The molecule has 0 radical (unpaired) electrons. The van der Waals surface area contributed by atoms with Crippen LogP contribution < -0.4 is 0 Å². The molecule has 0 atom stereocenters. The number of hydrogen-bond donors (Lipinski definition) is 2. The summed E-state index contributed by atoms with van der Waals surface area (Å²) in [7, 11) is 0. The first-order valence-electron chi connectivity index (χ1n) is 8.37. The van der Waals surface area contributed by atoms with Crippen LogP contribution in [0.1, 0.15) is 57.4 Å². The van der Waals surface area contributed by atoms with Crippen LogP contribution in [0.3, 0.4) is 0 Å². The Labute approximate surface area is 133 Å². The lowest BCUT2D eigenvalue weighted by Crippen LogP contribution is -2.04. The third-order valence-corrected chi connectivity index (χ3v) is 4.29. The predicted octanol–water partition coefficient (Wildman–Crippen LogP) is 5.84. The summed E-state index contributed by atoms with van der Waals surface area (Å²) in [6, 6.07) is 13.0. The van der Waals surface area contributed by atoms with E-state index in [2.05, 4.69) is 0 Å². The highest BCUT2D eigenvalue weighted by Gasteiger charge is 2.19. The van der Waals surface area contributed by atoms with E-state index in [-0.39, 0.29) is 5.75 Å². The highest BCUT2D eigenvalue weighted by atomic mass is 16.3. The Kier molecular flexibility index (Phi) is 5.88. The van der Waals surface area contributed by atoms with Crippen molar-refractivity contribution in [1.29, 1.82) is 0 Å². The molecule has 2 nitrogen and oxygen atoms in total.